The fraction of sp³-hybridized carbons (Fsp3) is 0.889. The summed E-state index contributed by atoms with van der Waals surface area (Å²) in [5, 5.41) is 28.4. The number of carboxylic acids is 1. The maximum Gasteiger partial charge on any atom is 0.306 e. The molecule has 2 saturated carbocycles. The van der Waals surface area contributed by atoms with E-state index in [0.717, 1.165) is 6.42 Å². The molecule has 0 aromatic carbocycles. The van der Waals surface area contributed by atoms with Gasteiger partial charge in [-0.15, -0.1) is 0 Å². The Morgan fingerprint density at radius 1 is 1.15 bits per heavy atom. The molecule has 74 valence electrons. The second kappa shape index (κ2) is 2.45. The van der Waals surface area contributed by atoms with Gasteiger partial charge in [0.25, 0.3) is 0 Å². The maximum absolute atomic E-state index is 10.5. The lowest BCUT2D eigenvalue weighted by molar-refractivity contribution is -0.242. The Morgan fingerprint density at radius 3 is 2.00 bits per heavy atom. The molecule has 4 heteroatoms. The van der Waals surface area contributed by atoms with Crippen LogP contribution in [0.5, 0.6) is 0 Å². The average Bonchev–Trinajstić information content (AvgIpc) is 1.93. The van der Waals surface area contributed by atoms with Gasteiger partial charge in [0.2, 0.25) is 0 Å². The molecule has 0 amide bonds. The number of hydrogen-bond donors (Lipinski definition) is 3. The fourth-order valence-corrected chi connectivity index (χ4v) is 2.29. The molecule has 0 unspecified atom stereocenters. The van der Waals surface area contributed by atoms with Crippen LogP contribution in [0.25, 0.3) is 0 Å². The summed E-state index contributed by atoms with van der Waals surface area (Å²) >= 11 is 0. The summed E-state index contributed by atoms with van der Waals surface area (Å²) < 4.78 is 0. The molecule has 0 radical (unpaired) electrons. The topological polar surface area (TPSA) is 77.8 Å². The van der Waals surface area contributed by atoms with E-state index in [2.05, 4.69) is 0 Å². The second-order valence-electron chi connectivity index (χ2n) is 4.36. The Labute approximate surface area is 76.2 Å². The van der Waals surface area contributed by atoms with Crippen molar-refractivity contribution in [1.82, 2.24) is 0 Å². The zero-order chi connectivity index (χ0) is 9.69. The van der Waals surface area contributed by atoms with Crippen molar-refractivity contribution >= 4 is 5.97 Å². The van der Waals surface area contributed by atoms with Gasteiger partial charge in [0.05, 0.1) is 17.1 Å². The standard InChI is InChI=1S/C9H14O4/c10-7(11)6-4-9(13,5-6)8(12)2-1-3-8/h6,12-13H,1-5H2,(H,10,11). The highest BCUT2D eigenvalue weighted by Gasteiger charge is 2.60. The summed E-state index contributed by atoms with van der Waals surface area (Å²) in [7, 11) is 0. The first-order valence-corrected chi connectivity index (χ1v) is 4.64. The SMILES string of the molecule is O=C(O)C1CC(O)(C2(O)CCC2)C1. The van der Waals surface area contributed by atoms with Gasteiger partial charge in [-0.2, -0.15) is 0 Å². The maximum atomic E-state index is 10.5. The first-order chi connectivity index (χ1) is 5.97. The van der Waals surface area contributed by atoms with Crippen LogP contribution in [0.2, 0.25) is 0 Å². The molecule has 2 aliphatic carbocycles. The van der Waals surface area contributed by atoms with Gasteiger partial charge in [-0.1, -0.05) is 0 Å². The van der Waals surface area contributed by atoms with E-state index in [-0.39, 0.29) is 12.8 Å². The molecule has 0 saturated heterocycles. The highest BCUT2D eigenvalue weighted by atomic mass is 16.4. The van der Waals surface area contributed by atoms with Crippen molar-refractivity contribution in [2.45, 2.75) is 43.3 Å². The quantitative estimate of drug-likeness (QED) is 0.572. The van der Waals surface area contributed by atoms with Crippen LogP contribution < -0.4 is 0 Å². The van der Waals surface area contributed by atoms with E-state index < -0.39 is 23.1 Å². The molecule has 0 spiro atoms. The molecule has 0 atom stereocenters. The zero-order valence-corrected chi connectivity index (χ0v) is 7.36. The molecule has 2 fully saturated rings. The number of aliphatic carboxylic acids is 1. The number of carboxylic acid groups (broad SMARTS) is 1. The number of aliphatic hydroxyl groups is 2. The molecule has 13 heavy (non-hydrogen) atoms. The molecule has 0 aromatic heterocycles. The summed E-state index contributed by atoms with van der Waals surface area (Å²) in [4.78, 5) is 10.5. The highest BCUT2D eigenvalue weighted by Crippen LogP contribution is 2.52. The predicted octanol–water partition coefficient (Wildman–Crippen LogP) is 0.127. The van der Waals surface area contributed by atoms with Crippen LogP contribution in [-0.4, -0.2) is 32.5 Å². The van der Waals surface area contributed by atoms with E-state index in [9.17, 15) is 15.0 Å². The Morgan fingerprint density at radius 2 is 1.69 bits per heavy atom. The third kappa shape index (κ3) is 1.09. The van der Waals surface area contributed by atoms with Crippen molar-refractivity contribution in [3.05, 3.63) is 0 Å². The summed E-state index contributed by atoms with van der Waals surface area (Å²) in [5.74, 6) is -1.33. The normalized spacial score (nSPS) is 41.8. The minimum atomic E-state index is -1.12. The lowest BCUT2D eigenvalue weighted by atomic mass is 9.56. The van der Waals surface area contributed by atoms with E-state index in [0.29, 0.717) is 12.8 Å². The van der Waals surface area contributed by atoms with Crippen LogP contribution in [0.4, 0.5) is 0 Å². The monoisotopic (exact) mass is 186 g/mol. The van der Waals surface area contributed by atoms with Gasteiger partial charge in [0, 0.05) is 0 Å². The molecule has 0 heterocycles. The highest BCUT2D eigenvalue weighted by molar-refractivity contribution is 5.71. The Bertz CT molecular complexity index is 238. The molecule has 0 aromatic rings. The minimum absolute atomic E-state index is 0.207. The van der Waals surface area contributed by atoms with Gasteiger partial charge in [-0.3, -0.25) is 4.79 Å². The molecule has 0 bridgehead atoms. The van der Waals surface area contributed by atoms with Gasteiger partial charge in [0.1, 0.15) is 0 Å². The Kier molecular flexibility index (Phi) is 1.69. The lowest BCUT2D eigenvalue weighted by Crippen LogP contribution is -2.65. The van der Waals surface area contributed by atoms with Crippen LogP contribution in [0, 0.1) is 5.92 Å². The fourth-order valence-electron chi connectivity index (χ4n) is 2.29. The van der Waals surface area contributed by atoms with Gasteiger partial charge in [0.15, 0.2) is 0 Å². The third-order valence-corrected chi connectivity index (χ3v) is 3.56. The van der Waals surface area contributed by atoms with Crippen LogP contribution in [0.1, 0.15) is 32.1 Å². The molecule has 3 N–H and O–H groups in total. The smallest absolute Gasteiger partial charge is 0.306 e. The largest absolute Gasteiger partial charge is 0.481 e. The molecular weight excluding hydrogens is 172 g/mol. The van der Waals surface area contributed by atoms with Gasteiger partial charge < -0.3 is 15.3 Å². The van der Waals surface area contributed by atoms with Crippen LogP contribution in [0.3, 0.4) is 0 Å². The first-order valence-electron chi connectivity index (χ1n) is 4.64. The van der Waals surface area contributed by atoms with E-state index in [1.54, 1.807) is 0 Å². The third-order valence-electron chi connectivity index (χ3n) is 3.56. The van der Waals surface area contributed by atoms with E-state index in [1.165, 1.54) is 0 Å². The average molecular weight is 186 g/mol. The van der Waals surface area contributed by atoms with Gasteiger partial charge >= 0.3 is 5.97 Å². The summed E-state index contributed by atoms with van der Waals surface area (Å²) in [5.41, 5.74) is -2.10. The van der Waals surface area contributed by atoms with Crippen molar-refractivity contribution in [1.29, 1.82) is 0 Å². The van der Waals surface area contributed by atoms with Crippen LogP contribution in [0.15, 0.2) is 0 Å². The van der Waals surface area contributed by atoms with Crippen LogP contribution in [-0.2, 0) is 4.79 Å². The summed E-state index contributed by atoms with van der Waals surface area (Å²) in [6, 6.07) is 0. The van der Waals surface area contributed by atoms with Crippen molar-refractivity contribution in [3.63, 3.8) is 0 Å². The Balaban J connectivity index is 1.99. The Hall–Kier alpha value is -0.610. The molecular formula is C9H14O4. The van der Waals surface area contributed by atoms with E-state index >= 15 is 0 Å². The lowest BCUT2D eigenvalue weighted by Gasteiger charge is -2.56. The summed E-state index contributed by atoms with van der Waals surface area (Å²) in [6.45, 7) is 0. The van der Waals surface area contributed by atoms with Crippen LogP contribution >= 0.6 is 0 Å². The first kappa shape index (κ1) is 8.97. The van der Waals surface area contributed by atoms with Gasteiger partial charge in [-0.25, -0.2) is 0 Å². The van der Waals surface area contributed by atoms with Crippen molar-refractivity contribution < 1.29 is 20.1 Å². The number of carbonyl (C=O) groups is 1. The predicted molar refractivity (Wildman–Crippen MR) is 44.1 cm³/mol. The molecule has 2 rings (SSSR count). The molecule has 0 aliphatic heterocycles. The summed E-state index contributed by atoms with van der Waals surface area (Å²) in [6.07, 6.45) is 2.56. The van der Waals surface area contributed by atoms with Crippen molar-refractivity contribution in [2.24, 2.45) is 5.92 Å². The zero-order valence-electron chi connectivity index (χ0n) is 7.36. The minimum Gasteiger partial charge on any atom is -0.481 e. The second-order valence-corrected chi connectivity index (χ2v) is 4.36. The number of hydrogen-bond acceptors (Lipinski definition) is 3. The van der Waals surface area contributed by atoms with E-state index in [1.807, 2.05) is 0 Å². The van der Waals surface area contributed by atoms with Gasteiger partial charge in [-0.05, 0) is 32.1 Å². The van der Waals surface area contributed by atoms with Crippen molar-refractivity contribution in [3.8, 4) is 0 Å². The number of rotatable bonds is 2. The molecule has 2 aliphatic rings. The van der Waals surface area contributed by atoms with E-state index in [4.69, 9.17) is 5.11 Å². The molecule has 4 nitrogen and oxygen atoms in total. The van der Waals surface area contributed by atoms with Crippen molar-refractivity contribution in [2.75, 3.05) is 0 Å².